The van der Waals surface area contributed by atoms with E-state index in [0.29, 0.717) is 0 Å². The van der Waals surface area contributed by atoms with Crippen molar-refractivity contribution >= 4 is 21.5 Å². The van der Waals surface area contributed by atoms with Gasteiger partial charge in [0.25, 0.3) is 0 Å². The summed E-state index contributed by atoms with van der Waals surface area (Å²) in [5.74, 6) is 0.871. The standard InChI is InChI=1S/C27H20O/c1-28-22-14-11-21(12-15-22)27-24(19-7-3-2-4-8-19)17-18-25-23-10-6-5-9-20(23)13-16-26(25)27/h2-18H,1H3. The minimum Gasteiger partial charge on any atom is -0.497 e. The van der Waals surface area contributed by atoms with Crippen molar-refractivity contribution in [2.45, 2.75) is 0 Å². The molecule has 0 unspecified atom stereocenters. The minimum atomic E-state index is 0.871. The van der Waals surface area contributed by atoms with Crippen molar-refractivity contribution in [3.8, 4) is 28.0 Å². The van der Waals surface area contributed by atoms with E-state index in [4.69, 9.17) is 4.74 Å². The van der Waals surface area contributed by atoms with E-state index in [9.17, 15) is 0 Å². The maximum absolute atomic E-state index is 5.37. The lowest BCUT2D eigenvalue weighted by Crippen LogP contribution is -1.90. The van der Waals surface area contributed by atoms with Crippen LogP contribution in [0.5, 0.6) is 5.75 Å². The first kappa shape index (κ1) is 16.6. The van der Waals surface area contributed by atoms with Gasteiger partial charge in [0.1, 0.15) is 5.75 Å². The van der Waals surface area contributed by atoms with Crippen LogP contribution in [-0.4, -0.2) is 7.11 Å². The third-order valence-corrected chi connectivity index (χ3v) is 5.39. The fourth-order valence-electron chi connectivity index (χ4n) is 4.02. The molecule has 0 N–H and O–H groups in total. The molecule has 0 aliphatic rings. The van der Waals surface area contributed by atoms with Gasteiger partial charge in [-0.15, -0.1) is 0 Å². The van der Waals surface area contributed by atoms with Crippen LogP contribution in [0.1, 0.15) is 0 Å². The molecule has 0 spiro atoms. The number of fused-ring (bicyclic) bond motifs is 3. The van der Waals surface area contributed by atoms with E-state index in [-0.39, 0.29) is 0 Å². The van der Waals surface area contributed by atoms with Crippen molar-refractivity contribution in [3.63, 3.8) is 0 Å². The summed E-state index contributed by atoms with van der Waals surface area (Å²) in [4.78, 5) is 0. The maximum atomic E-state index is 5.37. The van der Waals surface area contributed by atoms with Gasteiger partial charge in [-0.05, 0) is 55.9 Å². The second kappa shape index (κ2) is 6.86. The highest BCUT2D eigenvalue weighted by molar-refractivity contribution is 6.14. The van der Waals surface area contributed by atoms with Gasteiger partial charge in [0.05, 0.1) is 7.11 Å². The van der Waals surface area contributed by atoms with Crippen molar-refractivity contribution in [1.82, 2.24) is 0 Å². The van der Waals surface area contributed by atoms with Crippen LogP contribution in [0.25, 0.3) is 43.8 Å². The summed E-state index contributed by atoms with van der Waals surface area (Å²) < 4.78 is 5.37. The van der Waals surface area contributed by atoms with Crippen LogP contribution in [0, 0.1) is 0 Å². The molecule has 0 radical (unpaired) electrons. The molecule has 0 heterocycles. The molecule has 0 aliphatic heterocycles. The summed E-state index contributed by atoms with van der Waals surface area (Å²) >= 11 is 0. The molecule has 134 valence electrons. The summed E-state index contributed by atoms with van der Waals surface area (Å²) in [6.07, 6.45) is 0. The van der Waals surface area contributed by atoms with Crippen LogP contribution in [0.15, 0.2) is 103 Å². The van der Waals surface area contributed by atoms with Gasteiger partial charge in [-0.25, -0.2) is 0 Å². The highest BCUT2D eigenvalue weighted by Crippen LogP contribution is 2.40. The molecule has 0 saturated heterocycles. The zero-order chi connectivity index (χ0) is 18.9. The van der Waals surface area contributed by atoms with Gasteiger partial charge in [0.2, 0.25) is 0 Å². The molecule has 1 heteroatoms. The van der Waals surface area contributed by atoms with Gasteiger partial charge in [-0.1, -0.05) is 91.0 Å². The van der Waals surface area contributed by atoms with Crippen LogP contribution < -0.4 is 4.74 Å². The molecular weight excluding hydrogens is 340 g/mol. The van der Waals surface area contributed by atoms with Gasteiger partial charge in [-0.2, -0.15) is 0 Å². The summed E-state index contributed by atoms with van der Waals surface area (Å²) in [5.41, 5.74) is 4.93. The quantitative estimate of drug-likeness (QED) is 0.306. The Balaban J connectivity index is 1.87. The first-order valence-electron chi connectivity index (χ1n) is 9.49. The Morgan fingerprint density at radius 3 is 2.00 bits per heavy atom. The van der Waals surface area contributed by atoms with E-state index in [2.05, 4.69) is 91.0 Å². The maximum Gasteiger partial charge on any atom is 0.118 e. The van der Waals surface area contributed by atoms with Gasteiger partial charge in [-0.3, -0.25) is 0 Å². The molecule has 5 rings (SSSR count). The van der Waals surface area contributed by atoms with Crippen LogP contribution >= 0.6 is 0 Å². The van der Waals surface area contributed by atoms with E-state index in [1.54, 1.807) is 7.11 Å². The largest absolute Gasteiger partial charge is 0.497 e. The predicted octanol–water partition coefficient (Wildman–Crippen LogP) is 7.34. The normalized spacial score (nSPS) is 11.0. The number of hydrogen-bond donors (Lipinski definition) is 0. The molecule has 28 heavy (non-hydrogen) atoms. The zero-order valence-corrected chi connectivity index (χ0v) is 15.7. The van der Waals surface area contributed by atoms with Crippen molar-refractivity contribution < 1.29 is 4.74 Å². The molecule has 1 nitrogen and oxygen atoms in total. The minimum absolute atomic E-state index is 0.871. The number of methoxy groups -OCH3 is 1. The van der Waals surface area contributed by atoms with Crippen molar-refractivity contribution in [1.29, 1.82) is 0 Å². The predicted molar refractivity (Wildman–Crippen MR) is 119 cm³/mol. The molecule has 0 atom stereocenters. The van der Waals surface area contributed by atoms with E-state index in [1.165, 1.54) is 43.8 Å². The van der Waals surface area contributed by atoms with Gasteiger partial charge < -0.3 is 4.74 Å². The lowest BCUT2D eigenvalue weighted by Gasteiger charge is -2.16. The molecule has 0 amide bonds. The van der Waals surface area contributed by atoms with E-state index >= 15 is 0 Å². The lowest BCUT2D eigenvalue weighted by atomic mass is 9.88. The number of ether oxygens (including phenoxy) is 1. The Kier molecular flexibility index (Phi) is 4.06. The van der Waals surface area contributed by atoms with Crippen LogP contribution in [0.4, 0.5) is 0 Å². The second-order valence-electron chi connectivity index (χ2n) is 6.96. The van der Waals surface area contributed by atoms with Crippen molar-refractivity contribution in [2.75, 3.05) is 7.11 Å². The average Bonchev–Trinajstić information content (AvgIpc) is 2.79. The molecule has 0 aliphatic carbocycles. The smallest absolute Gasteiger partial charge is 0.118 e. The average molecular weight is 360 g/mol. The second-order valence-corrected chi connectivity index (χ2v) is 6.96. The van der Waals surface area contributed by atoms with Gasteiger partial charge in [0.15, 0.2) is 0 Å². The van der Waals surface area contributed by atoms with E-state index in [1.807, 2.05) is 12.1 Å². The third-order valence-electron chi connectivity index (χ3n) is 5.39. The zero-order valence-electron chi connectivity index (χ0n) is 15.7. The molecular formula is C27H20O. The van der Waals surface area contributed by atoms with Crippen LogP contribution in [0.3, 0.4) is 0 Å². The first-order valence-corrected chi connectivity index (χ1v) is 9.49. The van der Waals surface area contributed by atoms with Gasteiger partial charge >= 0.3 is 0 Å². The van der Waals surface area contributed by atoms with E-state index < -0.39 is 0 Å². The Labute approximate surface area is 164 Å². The summed E-state index contributed by atoms with van der Waals surface area (Å²) in [6.45, 7) is 0. The van der Waals surface area contributed by atoms with Gasteiger partial charge in [0, 0.05) is 0 Å². The Morgan fingerprint density at radius 1 is 0.500 bits per heavy atom. The number of hydrogen-bond acceptors (Lipinski definition) is 1. The molecule has 0 aromatic heterocycles. The molecule has 0 bridgehead atoms. The summed E-state index contributed by atoms with van der Waals surface area (Å²) in [7, 11) is 1.70. The summed E-state index contributed by atoms with van der Waals surface area (Å²) in [5, 5.41) is 5.10. The van der Waals surface area contributed by atoms with Crippen molar-refractivity contribution in [3.05, 3.63) is 103 Å². The molecule has 0 fully saturated rings. The molecule has 5 aromatic rings. The van der Waals surface area contributed by atoms with Crippen molar-refractivity contribution in [2.24, 2.45) is 0 Å². The monoisotopic (exact) mass is 360 g/mol. The third kappa shape index (κ3) is 2.73. The Morgan fingerprint density at radius 2 is 1.21 bits per heavy atom. The highest BCUT2D eigenvalue weighted by Gasteiger charge is 2.13. The number of benzene rings is 5. The molecule has 0 saturated carbocycles. The fourth-order valence-corrected chi connectivity index (χ4v) is 4.02. The fraction of sp³-hybridized carbons (Fsp3) is 0.0370. The van der Waals surface area contributed by atoms with Crippen LogP contribution in [0.2, 0.25) is 0 Å². The topological polar surface area (TPSA) is 9.23 Å². The number of rotatable bonds is 3. The summed E-state index contributed by atoms with van der Waals surface area (Å²) in [6, 6.07) is 36.5. The Bertz CT molecular complexity index is 1270. The SMILES string of the molecule is COc1ccc(-c2c(-c3ccccc3)ccc3c2ccc2ccccc23)cc1. The Hall–Kier alpha value is -3.58. The molecule has 5 aromatic carbocycles. The first-order chi connectivity index (χ1) is 13.8. The highest BCUT2D eigenvalue weighted by atomic mass is 16.5. The van der Waals surface area contributed by atoms with Crippen LogP contribution in [-0.2, 0) is 0 Å². The van der Waals surface area contributed by atoms with E-state index in [0.717, 1.165) is 5.75 Å². The lowest BCUT2D eigenvalue weighted by molar-refractivity contribution is 0.415.